The molecule has 1 fully saturated rings. The van der Waals surface area contributed by atoms with Gasteiger partial charge in [-0.1, -0.05) is 26.2 Å². The summed E-state index contributed by atoms with van der Waals surface area (Å²) in [5.74, 6) is 2.22. The minimum atomic E-state index is -0.0667. The predicted octanol–water partition coefficient (Wildman–Crippen LogP) is 2.32. The highest BCUT2D eigenvalue weighted by Gasteiger charge is 2.13. The Bertz CT molecular complexity index is 407. The van der Waals surface area contributed by atoms with Gasteiger partial charge in [0.15, 0.2) is 0 Å². The second kappa shape index (κ2) is 5.84. The molecule has 0 aromatic carbocycles. The second-order valence-electron chi connectivity index (χ2n) is 4.82. The fourth-order valence-corrected chi connectivity index (χ4v) is 2.41. The molecule has 0 saturated heterocycles. The summed E-state index contributed by atoms with van der Waals surface area (Å²) in [7, 11) is 0. The first-order valence-electron chi connectivity index (χ1n) is 6.62. The average molecular weight is 235 g/mol. The van der Waals surface area contributed by atoms with E-state index in [1.54, 1.807) is 6.07 Å². The van der Waals surface area contributed by atoms with E-state index in [0.717, 1.165) is 30.5 Å². The van der Waals surface area contributed by atoms with E-state index in [1.807, 2.05) is 6.92 Å². The molecule has 1 heterocycles. The van der Waals surface area contributed by atoms with Gasteiger partial charge in [-0.05, 0) is 18.8 Å². The minimum Gasteiger partial charge on any atom is -0.370 e. The molecule has 4 nitrogen and oxygen atoms in total. The monoisotopic (exact) mass is 235 g/mol. The number of aromatic nitrogens is 2. The number of rotatable bonds is 4. The number of anilines is 1. The highest BCUT2D eigenvalue weighted by molar-refractivity contribution is 5.32. The van der Waals surface area contributed by atoms with Gasteiger partial charge in [0.2, 0.25) is 0 Å². The highest BCUT2D eigenvalue weighted by Crippen LogP contribution is 2.23. The van der Waals surface area contributed by atoms with Crippen molar-refractivity contribution in [2.45, 2.75) is 45.4 Å². The van der Waals surface area contributed by atoms with Crippen molar-refractivity contribution in [3.05, 3.63) is 22.2 Å². The minimum absolute atomic E-state index is 0.0667. The van der Waals surface area contributed by atoms with Crippen LogP contribution in [0.4, 0.5) is 5.82 Å². The Balaban J connectivity index is 1.93. The van der Waals surface area contributed by atoms with Crippen LogP contribution in [0, 0.1) is 5.92 Å². The van der Waals surface area contributed by atoms with Gasteiger partial charge in [0, 0.05) is 19.0 Å². The van der Waals surface area contributed by atoms with Crippen molar-refractivity contribution in [3.8, 4) is 0 Å². The average Bonchev–Trinajstić information content (AvgIpc) is 2.37. The van der Waals surface area contributed by atoms with Gasteiger partial charge in [-0.3, -0.25) is 4.79 Å². The molecule has 0 atom stereocenters. The molecule has 0 aliphatic heterocycles. The molecule has 1 aliphatic carbocycles. The summed E-state index contributed by atoms with van der Waals surface area (Å²) in [6.07, 6.45) is 7.42. The molecule has 0 unspecified atom stereocenters. The maximum atomic E-state index is 11.4. The summed E-state index contributed by atoms with van der Waals surface area (Å²) < 4.78 is 0. The fourth-order valence-electron chi connectivity index (χ4n) is 2.41. The molecule has 0 radical (unpaired) electrons. The first-order chi connectivity index (χ1) is 8.28. The van der Waals surface area contributed by atoms with Gasteiger partial charge >= 0.3 is 0 Å². The standard InChI is InChI=1S/C13H21N3O/c1-2-11-15-12(8-13(17)16-11)14-9-10-6-4-3-5-7-10/h8,10H,2-7,9H2,1H3,(H2,14,15,16,17). The van der Waals surface area contributed by atoms with Crippen LogP contribution < -0.4 is 10.9 Å². The third-order valence-corrected chi connectivity index (χ3v) is 3.42. The normalized spacial score (nSPS) is 17.0. The van der Waals surface area contributed by atoms with Crippen LogP contribution in [-0.4, -0.2) is 16.5 Å². The molecule has 2 rings (SSSR count). The van der Waals surface area contributed by atoms with Crippen LogP contribution in [0.3, 0.4) is 0 Å². The second-order valence-corrected chi connectivity index (χ2v) is 4.82. The SMILES string of the molecule is CCc1nc(NCC2CCCCC2)cc(=O)[nH]1. The van der Waals surface area contributed by atoms with Crippen molar-refractivity contribution in [1.82, 2.24) is 9.97 Å². The molecular formula is C13H21N3O. The molecule has 1 aromatic rings. The largest absolute Gasteiger partial charge is 0.370 e. The van der Waals surface area contributed by atoms with E-state index in [0.29, 0.717) is 0 Å². The summed E-state index contributed by atoms with van der Waals surface area (Å²) in [4.78, 5) is 18.5. The smallest absolute Gasteiger partial charge is 0.252 e. The van der Waals surface area contributed by atoms with E-state index >= 15 is 0 Å². The zero-order valence-corrected chi connectivity index (χ0v) is 10.5. The highest BCUT2D eigenvalue weighted by atomic mass is 16.1. The maximum absolute atomic E-state index is 11.4. The molecular weight excluding hydrogens is 214 g/mol. The van der Waals surface area contributed by atoms with E-state index in [4.69, 9.17) is 0 Å². The van der Waals surface area contributed by atoms with Crippen LogP contribution in [-0.2, 0) is 6.42 Å². The molecule has 4 heteroatoms. The number of nitrogens with one attached hydrogen (secondary N) is 2. The number of hydrogen-bond acceptors (Lipinski definition) is 3. The number of aromatic amines is 1. The third kappa shape index (κ3) is 3.58. The van der Waals surface area contributed by atoms with Gasteiger partial charge in [0.05, 0.1) is 0 Å². The summed E-state index contributed by atoms with van der Waals surface area (Å²) in [5.41, 5.74) is -0.0667. The van der Waals surface area contributed by atoms with Crippen molar-refractivity contribution < 1.29 is 0 Å². The Morgan fingerprint density at radius 3 is 2.88 bits per heavy atom. The Morgan fingerprint density at radius 1 is 1.41 bits per heavy atom. The van der Waals surface area contributed by atoms with E-state index in [2.05, 4.69) is 15.3 Å². The number of nitrogens with zero attached hydrogens (tertiary/aromatic N) is 1. The lowest BCUT2D eigenvalue weighted by Crippen LogP contribution is -2.20. The maximum Gasteiger partial charge on any atom is 0.252 e. The Labute approximate surface area is 102 Å². The van der Waals surface area contributed by atoms with Gasteiger partial charge in [0.1, 0.15) is 11.6 Å². The quantitative estimate of drug-likeness (QED) is 0.842. The van der Waals surface area contributed by atoms with Crippen molar-refractivity contribution in [3.63, 3.8) is 0 Å². The third-order valence-electron chi connectivity index (χ3n) is 3.42. The molecule has 94 valence electrons. The lowest BCUT2D eigenvalue weighted by molar-refractivity contribution is 0.373. The van der Waals surface area contributed by atoms with Gasteiger partial charge in [-0.15, -0.1) is 0 Å². The van der Waals surface area contributed by atoms with Crippen molar-refractivity contribution >= 4 is 5.82 Å². The number of aryl methyl sites for hydroxylation is 1. The van der Waals surface area contributed by atoms with E-state index in [-0.39, 0.29) is 5.56 Å². The zero-order valence-electron chi connectivity index (χ0n) is 10.5. The Morgan fingerprint density at radius 2 is 2.18 bits per heavy atom. The summed E-state index contributed by atoms with van der Waals surface area (Å²) in [6.45, 7) is 2.93. The molecule has 2 N–H and O–H groups in total. The van der Waals surface area contributed by atoms with Crippen LogP contribution in [0.5, 0.6) is 0 Å². The molecule has 0 spiro atoms. The van der Waals surface area contributed by atoms with Crippen LogP contribution in [0.25, 0.3) is 0 Å². The van der Waals surface area contributed by atoms with Crippen LogP contribution in [0.2, 0.25) is 0 Å². The lowest BCUT2D eigenvalue weighted by atomic mass is 9.89. The summed E-state index contributed by atoms with van der Waals surface area (Å²) >= 11 is 0. The van der Waals surface area contributed by atoms with Crippen LogP contribution >= 0.6 is 0 Å². The van der Waals surface area contributed by atoms with Crippen LogP contribution in [0.1, 0.15) is 44.9 Å². The van der Waals surface area contributed by atoms with Crippen molar-refractivity contribution in [1.29, 1.82) is 0 Å². The molecule has 1 saturated carbocycles. The van der Waals surface area contributed by atoms with Gasteiger partial charge < -0.3 is 10.3 Å². The lowest BCUT2D eigenvalue weighted by Gasteiger charge is -2.21. The molecule has 1 aromatic heterocycles. The Hall–Kier alpha value is -1.32. The van der Waals surface area contributed by atoms with Crippen molar-refractivity contribution in [2.75, 3.05) is 11.9 Å². The topological polar surface area (TPSA) is 57.8 Å². The summed E-state index contributed by atoms with van der Waals surface area (Å²) in [5, 5.41) is 3.30. The van der Waals surface area contributed by atoms with Crippen LogP contribution in [0.15, 0.2) is 10.9 Å². The number of hydrogen-bond donors (Lipinski definition) is 2. The first kappa shape index (κ1) is 12.1. The van der Waals surface area contributed by atoms with Gasteiger partial charge in [-0.25, -0.2) is 4.98 Å². The number of H-pyrrole nitrogens is 1. The van der Waals surface area contributed by atoms with E-state index < -0.39 is 0 Å². The molecule has 0 bridgehead atoms. The van der Waals surface area contributed by atoms with E-state index in [1.165, 1.54) is 32.1 Å². The zero-order chi connectivity index (χ0) is 12.1. The van der Waals surface area contributed by atoms with Crippen molar-refractivity contribution in [2.24, 2.45) is 5.92 Å². The van der Waals surface area contributed by atoms with Gasteiger partial charge in [-0.2, -0.15) is 0 Å². The molecule has 0 amide bonds. The predicted molar refractivity (Wildman–Crippen MR) is 69.3 cm³/mol. The molecule has 1 aliphatic rings. The van der Waals surface area contributed by atoms with E-state index in [9.17, 15) is 4.79 Å². The summed E-state index contributed by atoms with van der Waals surface area (Å²) in [6, 6.07) is 1.54. The Kier molecular flexibility index (Phi) is 4.18. The van der Waals surface area contributed by atoms with Gasteiger partial charge in [0.25, 0.3) is 5.56 Å². The molecule has 17 heavy (non-hydrogen) atoms. The fraction of sp³-hybridized carbons (Fsp3) is 0.692. The first-order valence-corrected chi connectivity index (χ1v) is 6.62.